The lowest BCUT2D eigenvalue weighted by Gasteiger charge is -2.19. The predicted octanol–water partition coefficient (Wildman–Crippen LogP) is 4.14. The molecule has 0 aliphatic heterocycles. The van der Waals surface area contributed by atoms with E-state index in [-0.39, 0.29) is 6.09 Å². The second-order valence-corrected chi connectivity index (χ2v) is 6.45. The summed E-state index contributed by atoms with van der Waals surface area (Å²) in [4.78, 5) is 11.5. The van der Waals surface area contributed by atoms with Crippen LogP contribution in [0.15, 0.2) is 24.3 Å². The molecular weight excluding hydrogens is 264 g/mol. The average Bonchev–Trinajstić information content (AvgIpc) is 2.36. The van der Waals surface area contributed by atoms with Gasteiger partial charge in [-0.1, -0.05) is 32.0 Å². The van der Waals surface area contributed by atoms with Crippen molar-refractivity contribution in [3.8, 4) is 0 Å². The van der Waals surface area contributed by atoms with E-state index in [0.717, 1.165) is 13.0 Å². The van der Waals surface area contributed by atoms with Gasteiger partial charge in [0.15, 0.2) is 0 Å². The maximum absolute atomic E-state index is 11.5. The first-order valence-corrected chi connectivity index (χ1v) is 7.59. The number of carbonyl (C=O) groups excluding carboxylic acids is 1. The zero-order chi connectivity index (χ0) is 15.9. The van der Waals surface area contributed by atoms with Crippen molar-refractivity contribution in [1.82, 2.24) is 5.32 Å². The van der Waals surface area contributed by atoms with Gasteiger partial charge in [0, 0.05) is 18.8 Å². The molecule has 1 rings (SSSR count). The van der Waals surface area contributed by atoms with Crippen molar-refractivity contribution in [2.75, 3.05) is 18.4 Å². The number of benzene rings is 1. The molecule has 4 nitrogen and oxygen atoms in total. The van der Waals surface area contributed by atoms with Gasteiger partial charge in [-0.05, 0) is 44.7 Å². The molecule has 2 N–H and O–H groups in total. The van der Waals surface area contributed by atoms with Crippen LogP contribution in [-0.4, -0.2) is 24.8 Å². The number of rotatable bonds is 6. The van der Waals surface area contributed by atoms with E-state index in [0.29, 0.717) is 12.5 Å². The Morgan fingerprint density at radius 1 is 1.19 bits per heavy atom. The van der Waals surface area contributed by atoms with Crippen LogP contribution >= 0.6 is 0 Å². The predicted molar refractivity (Wildman–Crippen MR) is 87.9 cm³/mol. The van der Waals surface area contributed by atoms with Crippen LogP contribution in [0.25, 0.3) is 0 Å². The van der Waals surface area contributed by atoms with Crippen molar-refractivity contribution in [2.45, 2.75) is 52.6 Å². The standard InChI is InChI=1S/C17H28N2O2/c1-13(2)14-9-6-7-10-15(14)18-11-8-12-19-16(20)21-17(3,4)5/h6-7,9-10,13,18H,8,11-12H2,1-5H3,(H,19,20). The molecule has 0 atom stereocenters. The summed E-state index contributed by atoms with van der Waals surface area (Å²) in [5.74, 6) is 0.494. The van der Waals surface area contributed by atoms with E-state index >= 15 is 0 Å². The Hall–Kier alpha value is -1.71. The molecule has 0 aliphatic carbocycles. The number of anilines is 1. The van der Waals surface area contributed by atoms with Crippen molar-refractivity contribution in [2.24, 2.45) is 0 Å². The smallest absolute Gasteiger partial charge is 0.407 e. The number of hydrogen-bond acceptors (Lipinski definition) is 3. The van der Waals surface area contributed by atoms with Gasteiger partial charge in [-0.25, -0.2) is 4.79 Å². The molecule has 0 fully saturated rings. The van der Waals surface area contributed by atoms with Crippen LogP contribution in [-0.2, 0) is 4.74 Å². The molecule has 0 aliphatic rings. The van der Waals surface area contributed by atoms with E-state index in [9.17, 15) is 4.79 Å². The summed E-state index contributed by atoms with van der Waals surface area (Å²) in [5, 5.41) is 6.19. The fourth-order valence-electron chi connectivity index (χ4n) is 1.98. The summed E-state index contributed by atoms with van der Waals surface area (Å²) in [7, 11) is 0. The highest BCUT2D eigenvalue weighted by atomic mass is 16.6. The molecule has 1 aromatic rings. The van der Waals surface area contributed by atoms with Gasteiger partial charge in [0.05, 0.1) is 0 Å². The van der Waals surface area contributed by atoms with Crippen LogP contribution in [0, 0.1) is 0 Å². The minimum atomic E-state index is -0.446. The van der Waals surface area contributed by atoms with Gasteiger partial charge >= 0.3 is 6.09 Å². The third-order valence-corrected chi connectivity index (χ3v) is 2.92. The zero-order valence-electron chi connectivity index (χ0n) is 13.8. The summed E-state index contributed by atoms with van der Waals surface area (Å²) >= 11 is 0. The van der Waals surface area contributed by atoms with Gasteiger partial charge in [0.2, 0.25) is 0 Å². The average molecular weight is 292 g/mol. The number of para-hydroxylation sites is 1. The highest BCUT2D eigenvalue weighted by Crippen LogP contribution is 2.23. The molecule has 0 aromatic heterocycles. The molecule has 0 saturated carbocycles. The van der Waals surface area contributed by atoms with Crippen LogP contribution in [0.4, 0.5) is 10.5 Å². The van der Waals surface area contributed by atoms with E-state index in [1.54, 1.807) is 0 Å². The molecule has 0 unspecified atom stereocenters. The molecule has 1 amide bonds. The van der Waals surface area contributed by atoms with Crippen LogP contribution in [0.1, 0.15) is 52.5 Å². The number of alkyl carbamates (subject to hydrolysis) is 1. The number of carbonyl (C=O) groups is 1. The van der Waals surface area contributed by atoms with Gasteiger partial charge in [0.1, 0.15) is 5.60 Å². The van der Waals surface area contributed by atoms with Crippen molar-refractivity contribution >= 4 is 11.8 Å². The topological polar surface area (TPSA) is 50.4 Å². The minimum absolute atomic E-state index is 0.356. The van der Waals surface area contributed by atoms with Crippen LogP contribution in [0.2, 0.25) is 0 Å². The molecular formula is C17H28N2O2. The van der Waals surface area contributed by atoms with Gasteiger partial charge in [-0.2, -0.15) is 0 Å². The first-order chi connectivity index (χ1) is 9.79. The van der Waals surface area contributed by atoms with Crippen LogP contribution in [0.5, 0.6) is 0 Å². The van der Waals surface area contributed by atoms with Gasteiger partial charge in [0.25, 0.3) is 0 Å². The highest BCUT2D eigenvalue weighted by Gasteiger charge is 2.15. The van der Waals surface area contributed by atoms with E-state index in [4.69, 9.17) is 4.74 Å². The van der Waals surface area contributed by atoms with Gasteiger partial charge in [-0.15, -0.1) is 0 Å². The summed E-state index contributed by atoms with van der Waals surface area (Å²) in [6.07, 6.45) is 0.496. The first-order valence-electron chi connectivity index (χ1n) is 7.59. The zero-order valence-corrected chi connectivity index (χ0v) is 13.8. The lowest BCUT2D eigenvalue weighted by atomic mass is 10.0. The maximum Gasteiger partial charge on any atom is 0.407 e. The van der Waals surface area contributed by atoms with Crippen LogP contribution < -0.4 is 10.6 Å². The third kappa shape index (κ3) is 7.02. The lowest BCUT2D eigenvalue weighted by molar-refractivity contribution is 0.0528. The molecule has 0 saturated heterocycles. The third-order valence-electron chi connectivity index (χ3n) is 2.92. The van der Waals surface area contributed by atoms with E-state index < -0.39 is 5.60 Å². The maximum atomic E-state index is 11.5. The Morgan fingerprint density at radius 3 is 2.48 bits per heavy atom. The molecule has 21 heavy (non-hydrogen) atoms. The lowest BCUT2D eigenvalue weighted by Crippen LogP contribution is -2.33. The number of nitrogens with one attached hydrogen (secondary N) is 2. The van der Waals surface area contributed by atoms with Gasteiger partial charge in [-0.3, -0.25) is 0 Å². The molecule has 4 heteroatoms. The molecule has 0 radical (unpaired) electrons. The van der Waals surface area contributed by atoms with Crippen molar-refractivity contribution in [3.05, 3.63) is 29.8 Å². The summed E-state index contributed by atoms with van der Waals surface area (Å²) < 4.78 is 5.18. The Morgan fingerprint density at radius 2 is 1.86 bits per heavy atom. The number of ether oxygens (including phenoxy) is 1. The van der Waals surface area contributed by atoms with E-state index in [1.165, 1.54) is 11.3 Å². The Bertz CT molecular complexity index is 450. The Labute approximate surface area is 128 Å². The van der Waals surface area contributed by atoms with Crippen molar-refractivity contribution in [1.29, 1.82) is 0 Å². The summed E-state index contributed by atoms with van der Waals surface area (Å²) in [6, 6.07) is 8.33. The molecule has 0 bridgehead atoms. The number of hydrogen-bond donors (Lipinski definition) is 2. The normalized spacial score (nSPS) is 11.3. The van der Waals surface area contributed by atoms with Gasteiger partial charge < -0.3 is 15.4 Å². The molecule has 1 aromatic carbocycles. The van der Waals surface area contributed by atoms with Crippen molar-refractivity contribution in [3.63, 3.8) is 0 Å². The molecule has 0 heterocycles. The summed E-state index contributed by atoms with van der Waals surface area (Å²) in [5.41, 5.74) is 2.04. The SMILES string of the molecule is CC(C)c1ccccc1NCCCNC(=O)OC(C)(C)C. The van der Waals surface area contributed by atoms with Crippen LogP contribution in [0.3, 0.4) is 0 Å². The first kappa shape index (κ1) is 17.3. The fraction of sp³-hybridized carbons (Fsp3) is 0.588. The fourth-order valence-corrected chi connectivity index (χ4v) is 1.98. The quantitative estimate of drug-likeness (QED) is 0.775. The summed E-state index contributed by atoms with van der Waals surface area (Å²) in [6.45, 7) is 11.4. The molecule has 118 valence electrons. The Kier molecular flexibility index (Phi) is 6.53. The second kappa shape index (κ2) is 7.91. The number of amides is 1. The Balaban J connectivity index is 2.28. The second-order valence-electron chi connectivity index (χ2n) is 6.45. The van der Waals surface area contributed by atoms with Crippen molar-refractivity contribution < 1.29 is 9.53 Å². The molecule has 0 spiro atoms. The van der Waals surface area contributed by atoms with E-state index in [1.807, 2.05) is 26.8 Å². The largest absolute Gasteiger partial charge is 0.444 e. The highest BCUT2D eigenvalue weighted by molar-refractivity contribution is 5.67. The van der Waals surface area contributed by atoms with E-state index in [2.05, 4.69) is 42.7 Å². The monoisotopic (exact) mass is 292 g/mol. The minimum Gasteiger partial charge on any atom is -0.444 e.